The topological polar surface area (TPSA) is 79.6 Å². The number of anilines is 1. The summed E-state index contributed by atoms with van der Waals surface area (Å²) in [6.07, 6.45) is 4.93. The number of nitrogens with one attached hydrogen (secondary N) is 1. The van der Waals surface area contributed by atoms with Crippen molar-refractivity contribution in [3.8, 4) is 0 Å². The quantitative estimate of drug-likeness (QED) is 0.810. The van der Waals surface area contributed by atoms with Crippen LogP contribution in [0, 0.1) is 0 Å². The zero-order chi connectivity index (χ0) is 18.5. The fourth-order valence-corrected chi connectivity index (χ4v) is 3.24. The zero-order valence-corrected chi connectivity index (χ0v) is 14.8. The molecule has 1 aliphatic heterocycles. The molecule has 3 amide bonds. The maximum absolute atomic E-state index is 12.4. The Morgan fingerprint density at radius 2 is 1.96 bits per heavy atom. The molecule has 26 heavy (non-hydrogen) atoms. The van der Waals surface area contributed by atoms with Crippen LogP contribution in [0.5, 0.6) is 0 Å². The lowest BCUT2D eigenvalue weighted by Crippen LogP contribution is -2.36. The lowest BCUT2D eigenvalue weighted by molar-refractivity contribution is -0.127. The number of benzene rings is 1. The molecule has 1 N–H and O–H groups in total. The highest BCUT2D eigenvalue weighted by atomic mass is 32.2. The minimum absolute atomic E-state index is 0.280. The highest BCUT2D eigenvalue weighted by Gasteiger charge is 2.36. The maximum Gasteiger partial charge on any atom is 0.294 e. The molecule has 1 aliphatic rings. The zero-order valence-electron chi connectivity index (χ0n) is 14.0. The lowest BCUT2D eigenvalue weighted by atomic mass is 10.2. The molecular weight excluding hydrogens is 352 g/mol. The number of thioether (sulfide) groups is 1. The SMILES string of the molecule is CC(/C=C1\SC(=O)N(CC(=O)Nc2ccccc2)C1=O)=C\c1ccco1. The first-order valence-corrected chi connectivity index (χ1v) is 8.66. The van der Waals surface area contributed by atoms with Crippen molar-refractivity contribution < 1.29 is 18.8 Å². The second kappa shape index (κ2) is 7.88. The van der Waals surface area contributed by atoms with Crippen LogP contribution >= 0.6 is 11.8 Å². The van der Waals surface area contributed by atoms with Crippen LogP contribution in [0.1, 0.15) is 12.7 Å². The van der Waals surface area contributed by atoms with Gasteiger partial charge in [0.15, 0.2) is 0 Å². The van der Waals surface area contributed by atoms with Gasteiger partial charge in [0.05, 0.1) is 11.2 Å². The summed E-state index contributed by atoms with van der Waals surface area (Å²) in [6, 6.07) is 12.4. The number of hydrogen-bond donors (Lipinski definition) is 1. The first-order valence-electron chi connectivity index (χ1n) is 7.85. The number of hydrogen-bond acceptors (Lipinski definition) is 5. The summed E-state index contributed by atoms with van der Waals surface area (Å²) in [5, 5.41) is 2.19. The molecule has 1 aromatic carbocycles. The summed E-state index contributed by atoms with van der Waals surface area (Å²) >= 11 is 0.818. The van der Waals surface area contributed by atoms with Crippen molar-refractivity contribution in [1.82, 2.24) is 4.90 Å². The molecule has 2 aromatic rings. The number of amides is 3. The number of rotatable bonds is 5. The van der Waals surface area contributed by atoms with E-state index in [2.05, 4.69) is 5.32 Å². The van der Waals surface area contributed by atoms with E-state index < -0.39 is 17.1 Å². The Morgan fingerprint density at radius 3 is 2.65 bits per heavy atom. The molecule has 2 heterocycles. The Bertz CT molecular complexity index is 886. The van der Waals surface area contributed by atoms with Crippen molar-refractivity contribution in [2.45, 2.75) is 6.92 Å². The van der Waals surface area contributed by atoms with Gasteiger partial charge >= 0.3 is 0 Å². The van der Waals surface area contributed by atoms with Crippen molar-refractivity contribution in [2.75, 3.05) is 11.9 Å². The van der Waals surface area contributed by atoms with Crippen molar-refractivity contribution >= 4 is 40.6 Å². The fourth-order valence-electron chi connectivity index (χ4n) is 2.35. The molecule has 1 saturated heterocycles. The molecule has 1 aromatic heterocycles. The van der Waals surface area contributed by atoms with Crippen LogP contribution < -0.4 is 5.32 Å². The molecule has 0 unspecified atom stereocenters. The Kier molecular flexibility index (Phi) is 5.38. The number of para-hydroxylation sites is 1. The summed E-state index contributed by atoms with van der Waals surface area (Å²) < 4.78 is 5.22. The molecule has 0 atom stereocenters. The summed E-state index contributed by atoms with van der Waals surface area (Å²) in [7, 11) is 0. The van der Waals surface area contributed by atoms with E-state index in [0.717, 1.165) is 22.2 Å². The largest absolute Gasteiger partial charge is 0.465 e. The van der Waals surface area contributed by atoms with E-state index in [9.17, 15) is 14.4 Å². The Balaban J connectivity index is 1.67. The van der Waals surface area contributed by atoms with Crippen molar-refractivity contribution in [3.63, 3.8) is 0 Å². The van der Waals surface area contributed by atoms with Gasteiger partial charge in [-0.25, -0.2) is 0 Å². The van der Waals surface area contributed by atoms with Gasteiger partial charge in [-0.05, 0) is 60.7 Å². The van der Waals surface area contributed by atoms with Gasteiger partial charge in [-0.1, -0.05) is 18.2 Å². The molecule has 0 saturated carbocycles. The van der Waals surface area contributed by atoms with Crippen LogP contribution in [0.4, 0.5) is 10.5 Å². The predicted octanol–water partition coefficient (Wildman–Crippen LogP) is 3.90. The van der Waals surface area contributed by atoms with Crippen LogP contribution in [0.3, 0.4) is 0 Å². The molecule has 0 spiro atoms. The van der Waals surface area contributed by atoms with Gasteiger partial charge in [0, 0.05) is 5.69 Å². The van der Waals surface area contributed by atoms with Crippen molar-refractivity contribution in [2.24, 2.45) is 0 Å². The van der Waals surface area contributed by atoms with E-state index in [4.69, 9.17) is 4.42 Å². The molecule has 3 rings (SSSR count). The summed E-state index contributed by atoms with van der Waals surface area (Å²) in [4.78, 5) is 37.8. The Labute approximate surface area is 154 Å². The molecule has 1 fully saturated rings. The second-order valence-electron chi connectivity index (χ2n) is 5.59. The summed E-state index contributed by atoms with van der Waals surface area (Å²) in [5.74, 6) is -0.252. The highest BCUT2D eigenvalue weighted by Crippen LogP contribution is 2.31. The molecule has 132 valence electrons. The predicted molar refractivity (Wildman–Crippen MR) is 100 cm³/mol. The molecule has 0 bridgehead atoms. The molecule has 6 nitrogen and oxygen atoms in total. The van der Waals surface area contributed by atoms with E-state index in [-0.39, 0.29) is 11.4 Å². The number of nitrogens with zero attached hydrogens (tertiary/aromatic N) is 1. The third-order valence-corrected chi connectivity index (χ3v) is 4.41. The number of carbonyl (C=O) groups is 3. The number of furan rings is 1. The van der Waals surface area contributed by atoms with Gasteiger partial charge in [0.1, 0.15) is 12.3 Å². The van der Waals surface area contributed by atoms with Crippen molar-refractivity contribution in [3.05, 3.63) is 71.0 Å². The average molecular weight is 368 g/mol. The van der Waals surface area contributed by atoms with Gasteiger partial charge < -0.3 is 9.73 Å². The van der Waals surface area contributed by atoms with Gasteiger partial charge in [0.25, 0.3) is 11.1 Å². The van der Waals surface area contributed by atoms with Gasteiger partial charge in [0.2, 0.25) is 5.91 Å². The van der Waals surface area contributed by atoms with Crippen LogP contribution in [0.2, 0.25) is 0 Å². The number of allylic oxidation sites excluding steroid dienone is 2. The fraction of sp³-hybridized carbons (Fsp3) is 0.105. The normalized spacial score (nSPS) is 16.4. The minimum atomic E-state index is -0.476. The Morgan fingerprint density at radius 1 is 1.19 bits per heavy atom. The first kappa shape index (κ1) is 17.8. The minimum Gasteiger partial charge on any atom is -0.465 e. The first-order chi connectivity index (χ1) is 12.5. The lowest BCUT2D eigenvalue weighted by Gasteiger charge is -2.12. The highest BCUT2D eigenvalue weighted by molar-refractivity contribution is 8.18. The Hall–Kier alpha value is -3.06. The van der Waals surface area contributed by atoms with Gasteiger partial charge in [-0.15, -0.1) is 0 Å². The van der Waals surface area contributed by atoms with Gasteiger partial charge in [-0.3, -0.25) is 19.3 Å². The van der Waals surface area contributed by atoms with Crippen LogP contribution in [0.25, 0.3) is 6.08 Å². The van der Waals surface area contributed by atoms with E-state index in [1.807, 2.05) is 6.07 Å². The van der Waals surface area contributed by atoms with Crippen LogP contribution in [-0.4, -0.2) is 28.5 Å². The van der Waals surface area contributed by atoms with E-state index >= 15 is 0 Å². The smallest absolute Gasteiger partial charge is 0.294 e. The molecule has 0 aliphatic carbocycles. The third-order valence-electron chi connectivity index (χ3n) is 3.50. The second-order valence-corrected chi connectivity index (χ2v) is 6.58. The van der Waals surface area contributed by atoms with E-state index in [0.29, 0.717) is 11.4 Å². The average Bonchev–Trinajstić information content (AvgIpc) is 3.20. The third kappa shape index (κ3) is 4.31. The van der Waals surface area contributed by atoms with Crippen LogP contribution in [0.15, 0.2) is 69.7 Å². The standard InChI is InChI=1S/C19H16N2O4S/c1-13(10-15-8-5-9-25-15)11-16-18(23)21(19(24)26-16)12-17(22)20-14-6-3-2-4-7-14/h2-11H,12H2,1H3,(H,20,22)/b13-10+,16-11-. The molecule has 7 heteroatoms. The molecular formula is C19H16N2O4S. The maximum atomic E-state index is 12.4. The summed E-state index contributed by atoms with van der Waals surface area (Å²) in [6.45, 7) is 1.48. The number of imide groups is 1. The molecule has 0 radical (unpaired) electrons. The summed E-state index contributed by atoms with van der Waals surface area (Å²) in [5.41, 5.74) is 1.37. The monoisotopic (exact) mass is 368 g/mol. The van der Waals surface area contributed by atoms with Crippen LogP contribution in [-0.2, 0) is 9.59 Å². The van der Waals surface area contributed by atoms with Crippen molar-refractivity contribution in [1.29, 1.82) is 0 Å². The van der Waals surface area contributed by atoms with E-state index in [1.165, 1.54) is 0 Å². The van der Waals surface area contributed by atoms with Gasteiger partial charge in [-0.2, -0.15) is 0 Å². The van der Waals surface area contributed by atoms with E-state index in [1.54, 1.807) is 61.7 Å². The number of carbonyl (C=O) groups excluding carboxylic acids is 3.